The van der Waals surface area contributed by atoms with Crippen molar-refractivity contribution in [3.8, 4) is 0 Å². The molecule has 0 aliphatic heterocycles. The topological polar surface area (TPSA) is 60.2 Å². The summed E-state index contributed by atoms with van der Waals surface area (Å²) in [6.45, 7) is 5.30. The lowest BCUT2D eigenvalue weighted by Gasteiger charge is -2.59. The molecular formula is C23H35NO2. The van der Waals surface area contributed by atoms with Crippen LogP contribution in [0.25, 0.3) is 0 Å². The monoisotopic (exact) mass is 357 g/mol. The van der Waals surface area contributed by atoms with E-state index in [2.05, 4.69) is 26.0 Å². The van der Waals surface area contributed by atoms with Crippen LogP contribution in [0.15, 0.2) is 12.2 Å². The molecule has 0 saturated heterocycles. The van der Waals surface area contributed by atoms with Gasteiger partial charge in [-0.25, -0.2) is 0 Å². The van der Waals surface area contributed by atoms with Crippen molar-refractivity contribution in [2.45, 2.75) is 71.6 Å². The molecular weight excluding hydrogens is 322 g/mol. The van der Waals surface area contributed by atoms with E-state index in [9.17, 15) is 9.59 Å². The van der Waals surface area contributed by atoms with E-state index in [0.29, 0.717) is 41.8 Å². The Morgan fingerprint density at radius 1 is 1.12 bits per heavy atom. The molecule has 4 fully saturated rings. The average molecular weight is 358 g/mol. The number of carbonyl (C=O) groups is 2. The summed E-state index contributed by atoms with van der Waals surface area (Å²) >= 11 is 0. The van der Waals surface area contributed by atoms with E-state index in [4.69, 9.17) is 5.73 Å². The van der Waals surface area contributed by atoms with Crippen molar-refractivity contribution in [1.82, 2.24) is 0 Å². The molecule has 0 bridgehead atoms. The summed E-state index contributed by atoms with van der Waals surface area (Å²) in [4.78, 5) is 25.7. The van der Waals surface area contributed by atoms with Gasteiger partial charge in [0.1, 0.15) is 11.6 Å². The lowest BCUT2D eigenvalue weighted by Crippen LogP contribution is -2.56. The van der Waals surface area contributed by atoms with Gasteiger partial charge in [-0.05, 0) is 80.6 Å². The van der Waals surface area contributed by atoms with E-state index in [1.807, 2.05) is 0 Å². The van der Waals surface area contributed by atoms with Gasteiger partial charge in [0.2, 0.25) is 0 Å². The maximum atomic E-state index is 13.2. The minimum absolute atomic E-state index is 0.132. The molecule has 0 spiro atoms. The highest BCUT2D eigenvalue weighted by molar-refractivity contribution is 5.88. The third kappa shape index (κ3) is 2.65. The van der Waals surface area contributed by atoms with Gasteiger partial charge in [0.05, 0.1) is 0 Å². The first kappa shape index (κ1) is 18.4. The molecule has 26 heavy (non-hydrogen) atoms. The largest absolute Gasteiger partial charge is 0.330 e. The van der Waals surface area contributed by atoms with Crippen LogP contribution in [0.5, 0.6) is 0 Å². The van der Waals surface area contributed by atoms with Crippen molar-refractivity contribution in [2.75, 3.05) is 6.54 Å². The first-order chi connectivity index (χ1) is 12.4. The summed E-state index contributed by atoms with van der Waals surface area (Å²) in [5.74, 6) is 3.29. The van der Waals surface area contributed by atoms with Crippen LogP contribution in [0.2, 0.25) is 0 Å². The van der Waals surface area contributed by atoms with Crippen molar-refractivity contribution in [3.63, 3.8) is 0 Å². The molecule has 0 aromatic rings. The highest BCUT2D eigenvalue weighted by Gasteiger charge is 2.62. The van der Waals surface area contributed by atoms with Crippen molar-refractivity contribution < 1.29 is 9.59 Å². The maximum absolute atomic E-state index is 13.2. The van der Waals surface area contributed by atoms with Crippen LogP contribution < -0.4 is 5.73 Å². The van der Waals surface area contributed by atoms with Gasteiger partial charge in [0, 0.05) is 24.2 Å². The Bertz CT molecular complexity index is 626. The Morgan fingerprint density at radius 3 is 2.69 bits per heavy atom. The second-order valence-electron chi connectivity index (χ2n) is 10.1. The van der Waals surface area contributed by atoms with Gasteiger partial charge in [0.25, 0.3) is 0 Å². The van der Waals surface area contributed by atoms with Crippen LogP contribution in [-0.2, 0) is 9.59 Å². The Kier molecular flexibility index (Phi) is 4.66. The Labute approximate surface area is 158 Å². The van der Waals surface area contributed by atoms with Crippen molar-refractivity contribution in [1.29, 1.82) is 0 Å². The standard InChI is InChI=1S/C23H35NO2/c1-22-10-8-15(5-3-4-12-24)13-19(22)20(25)14-16-17-6-7-21(26)23(17,2)11-9-18(16)22/h3,5,15-19H,4,6-14,24H2,1-2H3/b5-3-/t15-,16-,17-,18-,19?,22+,23-/m0/s1. The Morgan fingerprint density at radius 2 is 1.92 bits per heavy atom. The minimum atomic E-state index is -0.132. The van der Waals surface area contributed by atoms with Crippen LogP contribution in [0.4, 0.5) is 0 Å². The fraction of sp³-hybridized carbons (Fsp3) is 0.826. The number of Topliss-reactive ketones (excluding diaryl/α,β-unsaturated/α-hetero) is 2. The highest BCUT2D eigenvalue weighted by Crippen LogP contribution is 2.65. The average Bonchev–Trinajstić information content (AvgIpc) is 2.92. The third-order valence-electron chi connectivity index (χ3n) is 8.95. The second-order valence-corrected chi connectivity index (χ2v) is 10.1. The van der Waals surface area contributed by atoms with Gasteiger partial charge in [-0.15, -0.1) is 0 Å². The zero-order chi connectivity index (χ0) is 18.5. The number of fused-ring (bicyclic) bond motifs is 5. The zero-order valence-corrected chi connectivity index (χ0v) is 16.5. The molecule has 0 radical (unpaired) electrons. The zero-order valence-electron chi connectivity index (χ0n) is 16.5. The normalized spacial score (nSPS) is 48.3. The lowest BCUT2D eigenvalue weighted by atomic mass is 9.44. The third-order valence-corrected chi connectivity index (χ3v) is 8.95. The van der Waals surface area contributed by atoms with E-state index in [-0.39, 0.29) is 16.7 Å². The smallest absolute Gasteiger partial charge is 0.139 e. The molecule has 0 amide bonds. The van der Waals surface area contributed by atoms with Crippen LogP contribution >= 0.6 is 0 Å². The van der Waals surface area contributed by atoms with Crippen LogP contribution in [-0.4, -0.2) is 18.1 Å². The summed E-state index contributed by atoms with van der Waals surface area (Å²) < 4.78 is 0. The number of hydrogen-bond acceptors (Lipinski definition) is 3. The molecule has 0 aromatic carbocycles. The van der Waals surface area contributed by atoms with Gasteiger partial charge in [-0.1, -0.05) is 26.0 Å². The van der Waals surface area contributed by atoms with E-state index in [0.717, 1.165) is 44.9 Å². The Hall–Kier alpha value is -0.960. The number of ketones is 2. The van der Waals surface area contributed by atoms with Gasteiger partial charge < -0.3 is 5.73 Å². The fourth-order valence-electron chi connectivity index (χ4n) is 7.40. The highest BCUT2D eigenvalue weighted by atomic mass is 16.1. The summed E-state index contributed by atoms with van der Waals surface area (Å²) in [5.41, 5.74) is 5.63. The van der Waals surface area contributed by atoms with Gasteiger partial charge in [-0.3, -0.25) is 9.59 Å². The van der Waals surface area contributed by atoms with Gasteiger partial charge in [0.15, 0.2) is 0 Å². The molecule has 4 aliphatic rings. The molecule has 1 unspecified atom stereocenters. The van der Waals surface area contributed by atoms with Gasteiger partial charge in [-0.2, -0.15) is 0 Å². The predicted molar refractivity (Wildman–Crippen MR) is 103 cm³/mol. The minimum Gasteiger partial charge on any atom is -0.330 e. The van der Waals surface area contributed by atoms with E-state index >= 15 is 0 Å². The molecule has 4 rings (SSSR count). The molecule has 4 aliphatic carbocycles. The number of hydrogen-bond donors (Lipinski definition) is 1. The number of rotatable bonds is 3. The number of carbonyl (C=O) groups excluding carboxylic acids is 2. The number of nitrogens with two attached hydrogens (primary N) is 1. The molecule has 144 valence electrons. The molecule has 0 heterocycles. The molecule has 0 aromatic heterocycles. The van der Waals surface area contributed by atoms with E-state index in [1.54, 1.807) is 0 Å². The first-order valence-electron chi connectivity index (χ1n) is 10.8. The quantitative estimate of drug-likeness (QED) is 0.766. The van der Waals surface area contributed by atoms with Crippen molar-refractivity contribution >= 4 is 11.6 Å². The van der Waals surface area contributed by atoms with E-state index < -0.39 is 0 Å². The summed E-state index contributed by atoms with van der Waals surface area (Å²) in [6.07, 6.45) is 13.6. The molecule has 7 atom stereocenters. The Balaban J connectivity index is 1.56. The first-order valence-corrected chi connectivity index (χ1v) is 10.8. The van der Waals surface area contributed by atoms with Crippen LogP contribution in [0.1, 0.15) is 71.6 Å². The fourth-order valence-corrected chi connectivity index (χ4v) is 7.40. The summed E-state index contributed by atoms with van der Waals surface area (Å²) in [6, 6.07) is 0. The van der Waals surface area contributed by atoms with E-state index in [1.165, 1.54) is 12.8 Å². The van der Waals surface area contributed by atoms with Crippen molar-refractivity contribution in [3.05, 3.63) is 12.2 Å². The molecule has 2 N–H and O–H groups in total. The van der Waals surface area contributed by atoms with Crippen LogP contribution in [0, 0.1) is 40.4 Å². The maximum Gasteiger partial charge on any atom is 0.139 e. The molecule has 3 nitrogen and oxygen atoms in total. The second kappa shape index (κ2) is 6.58. The summed E-state index contributed by atoms with van der Waals surface area (Å²) in [5, 5.41) is 0. The summed E-state index contributed by atoms with van der Waals surface area (Å²) in [7, 11) is 0. The molecule has 3 heteroatoms. The van der Waals surface area contributed by atoms with Crippen molar-refractivity contribution in [2.24, 2.45) is 46.2 Å². The lowest BCUT2D eigenvalue weighted by molar-refractivity contribution is -0.157. The SMILES string of the molecule is C[C@]12CC[C@H](/C=C\CCN)CC1C(=O)C[C@@H]1[C@@H]2CC[C@]2(C)C(=O)CC[C@@H]12. The molecule has 4 saturated carbocycles. The number of allylic oxidation sites excluding steroid dienone is 1. The van der Waals surface area contributed by atoms with Crippen LogP contribution in [0.3, 0.4) is 0 Å². The van der Waals surface area contributed by atoms with Gasteiger partial charge >= 0.3 is 0 Å². The predicted octanol–water partition coefficient (Wildman–Crippen LogP) is 4.30.